The van der Waals surface area contributed by atoms with Crippen molar-refractivity contribution in [2.24, 2.45) is 0 Å². The second kappa shape index (κ2) is 12.5. The molecule has 0 radical (unpaired) electrons. The molecule has 4 aromatic rings. The van der Waals surface area contributed by atoms with E-state index in [0.29, 0.717) is 27.7 Å². The lowest BCUT2D eigenvalue weighted by Crippen LogP contribution is -2.42. The Labute approximate surface area is 224 Å². The number of aliphatic hydroxyl groups excluding tert-OH is 1. The summed E-state index contributed by atoms with van der Waals surface area (Å²) < 4.78 is 31.7. The van der Waals surface area contributed by atoms with Crippen LogP contribution in [0.25, 0.3) is 10.9 Å². The van der Waals surface area contributed by atoms with Crippen LogP contribution >= 0.6 is 0 Å². The molecule has 2 atom stereocenters. The van der Waals surface area contributed by atoms with E-state index in [1.165, 1.54) is 0 Å². The largest absolute Gasteiger partial charge is 0.490 e. The summed E-state index contributed by atoms with van der Waals surface area (Å²) in [6, 6.07) is 21.2. The van der Waals surface area contributed by atoms with E-state index < -0.39 is 36.1 Å². The van der Waals surface area contributed by atoms with Crippen molar-refractivity contribution in [3.63, 3.8) is 0 Å². The molecule has 0 aliphatic rings. The lowest BCUT2D eigenvalue weighted by atomic mass is 10.00. The maximum Gasteiger partial charge on any atom is 0.490 e. The van der Waals surface area contributed by atoms with Gasteiger partial charge >= 0.3 is 12.1 Å². The van der Waals surface area contributed by atoms with Crippen LogP contribution in [0.2, 0.25) is 0 Å². The molecule has 2 amide bonds. The van der Waals surface area contributed by atoms with Gasteiger partial charge in [0.15, 0.2) is 6.10 Å². The Bertz CT molecular complexity index is 1500. The van der Waals surface area contributed by atoms with Crippen LogP contribution in [0.3, 0.4) is 0 Å². The number of rotatable bonds is 6. The number of anilines is 3. The first-order chi connectivity index (χ1) is 18.9. The third-order valence-corrected chi connectivity index (χ3v) is 5.32. The van der Waals surface area contributed by atoms with Gasteiger partial charge in [0, 0.05) is 16.6 Å². The Morgan fingerprint density at radius 3 is 2.02 bits per heavy atom. The number of hydrogen-bond donors (Lipinski definition) is 6. The molecule has 1 heterocycles. The maximum atomic E-state index is 12.9. The number of fused-ring (bicyclic) bond motifs is 1. The van der Waals surface area contributed by atoms with Gasteiger partial charge in [0.1, 0.15) is 5.82 Å². The van der Waals surface area contributed by atoms with Crippen LogP contribution in [0.15, 0.2) is 78.9 Å². The molecule has 0 unspecified atom stereocenters. The van der Waals surface area contributed by atoms with Crippen molar-refractivity contribution >= 4 is 46.1 Å². The zero-order valence-electron chi connectivity index (χ0n) is 20.5. The number of halogens is 3. The van der Waals surface area contributed by atoms with Gasteiger partial charge in [-0.3, -0.25) is 9.59 Å². The summed E-state index contributed by atoms with van der Waals surface area (Å²) in [6.07, 6.45) is -6.66. The molecular formula is C26H23F3N6O5. The Kier molecular flexibility index (Phi) is 9.19. The van der Waals surface area contributed by atoms with E-state index in [0.717, 1.165) is 0 Å². The molecule has 208 valence electrons. The van der Waals surface area contributed by atoms with Crippen LogP contribution in [0.1, 0.15) is 22.0 Å². The first kappa shape index (κ1) is 29.3. The third-order valence-electron chi connectivity index (χ3n) is 5.32. The highest BCUT2D eigenvalue weighted by molar-refractivity contribution is 5.99. The highest BCUT2D eigenvalue weighted by Crippen LogP contribution is 2.24. The number of carbonyl (C=O) groups is 3. The number of hydrogen-bond acceptors (Lipinski definition) is 8. The van der Waals surface area contributed by atoms with Crippen LogP contribution in [-0.4, -0.2) is 50.2 Å². The van der Waals surface area contributed by atoms with E-state index in [9.17, 15) is 27.9 Å². The van der Waals surface area contributed by atoms with Gasteiger partial charge in [-0.05, 0) is 35.9 Å². The van der Waals surface area contributed by atoms with Gasteiger partial charge in [-0.25, -0.2) is 9.78 Å². The van der Waals surface area contributed by atoms with Gasteiger partial charge in [-0.2, -0.15) is 18.2 Å². The zero-order chi connectivity index (χ0) is 29.4. The fraction of sp³-hybridized carbons (Fsp3) is 0.115. The molecule has 3 aromatic carbocycles. The first-order valence-electron chi connectivity index (χ1n) is 11.4. The maximum absolute atomic E-state index is 12.9. The van der Waals surface area contributed by atoms with Crippen molar-refractivity contribution in [3.05, 3.63) is 90.0 Å². The summed E-state index contributed by atoms with van der Waals surface area (Å²) in [6.45, 7) is 0. The molecule has 0 aliphatic carbocycles. The molecule has 11 nitrogen and oxygen atoms in total. The zero-order valence-corrected chi connectivity index (χ0v) is 20.5. The van der Waals surface area contributed by atoms with Gasteiger partial charge < -0.3 is 32.3 Å². The minimum Gasteiger partial charge on any atom is -0.475 e. The second-order valence-corrected chi connectivity index (χ2v) is 8.16. The summed E-state index contributed by atoms with van der Waals surface area (Å²) in [4.78, 5) is 42.6. The van der Waals surface area contributed by atoms with Crippen LogP contribution < -0.4 is 22.1 Å². The predicted molar refractivity (Wildman–Crippen MR) is 140 cm³/mol. The number of nitrogens with one attached hydrogen (secondary N) is 2. The van der Waals surface area contributed by atoms with E-state index in [-0.39, 0.29) is 11.8 Å². The lowest BCUT2D eigenvalue weighted by Gasteiger charge is -2.24. The van der Waals surface area contributed by atoms with E-state index in [4.69, 9.17) is 21.4 Å². The Morgan fingerprint density at radius 1 is 0.875 bits per heavy atom. The quantitative estimate of drug-likeness (QED) is 0.207. The molecule has 4 rings (SSSR count). The molecule has 1 aromatic heterocycles. The number of nitrogens with zero attached hydrogens (tertiary/aromatic N) is 2. The van der Waals surface area contributed by atoms with Crippen molar-refractivity contribution < 1.29 is 37.8 Å². The third kappa shape index (κ3) is 7.64. The Balaban J connectivity index is 0.000000559. The number of aliphatic carboxylic acids is 1. The summed E-state index contributed by atoms with van der Waals surface area (Å²) in [5.41, 5.74) is 13.3. The van der Waals surface area contributed by atoms with Crippen LogP contribution in [0.5, 0.6) is 0 Å². The van der Waals surface area contributed by atoms with E-state index in [1.54, 1.807) is 78.9 Å². The van der Waals surface area contributed by atoms with Gasteiger partial charge in [-0.1, -0.05) is 48.5 Å². The first-order valence-corrected chi connectivity index (χ1v) is 11.4. The summed E-state index contributed by atoms with van der Waals surface area (Å²) in [7, 11) is 0. The van der Waals surface area contributed by atoms with Crippen LogP contribution in [-0.2, 0) is 9.59 Å². The molecule has 0 aliphatic heterocycles. The van der Waals surface area contributed by atoms with Crippen molar-refractivity contribution in [2.45, 2.75) is 18.3 Å². The highest BCUT2D eigenvalue weighted by Gasteiger charge is 2.38. The fourth-order valence-corrected chi connectivity index (χ4v) is 3.44. The monoisotopic (exact) mass is 556 g/mol. The van der Waals surface area contributed by atoms with E-state index >= 15 is 0 Å². The molecular weight excluding hydrogens is 533 g/mol. The molecule has 0 fully saturated rings. The minimum absolute atomic E-state index is 0.0104. The lowest BCUT2D eigenvalue weighted by molar-refractivity contribution is -0.192. The average Bonchev–Trinajstić information content (AvgIpc) is 2.91. The number of carboxylic acids is 1. The molecule has 0 saturated heterocycles. The number of carboxylic acid groups (broad SMARTS) is 1. The summed E-state index contributed by atoms with van der Waals surface area (Å²) in [5, 5.41) is 24.0. The Morgan fingerprint density at radius 2 is 1.45 bits per heavy atom. The van der Waals surface area contributed by atoms with Crippen LogP contribution in [0, 0.1) is 0 Å². The van der Waals surface area contributed by atoms with Crippen molar-refractivity contribution in [3.8, 4) is 0 Å². The number of aromatic nitrogens is 2. The number of alkyl halides is 3. The molecule has 40 heavy (non-hydrogen) atoms. The van der Waals surface area contributed by atoms with Crippen molar-refractivity contribution in [2.75, 3.05) is 16.8 Å². The fourth-order valence-electron chi connectivity index (χ4n) is 3.44. The summed E-state index contributed by atoms with van der Waals surface area (Å²) >= 11 is 0. The number of amides is 2. The molecule has 0 spiro atoms. The van der Waals surface area contributed by atoms with Crippen LogP contribution in [0.4, 0.5) is 30.6 Å². The topological polar surface area (TPSA) is 194 Å². The van der Waals surface area contributed by atoms with E-state index in [2.05, 4.69) is 20.6 Å². The molecule has 0 bridgehead atoms. The molecule has 14 heteroatoms. The average molecular weight is 557 g/mol. The second-order valence-electron chi connectivity index (χ2n) is 8.16. The SMILES string of the molecule is Nc1nc(N)c2ccc(NC(=O)[C@H](O)[C@@H](NC(=O)c3ccccc3)c3ccccc3)cc2n1.O=C(O)C(F)(F)F. The summed E-state index contributed by atoms with van der Waals surface area (Å²) in [5.74, 6) is -3.64. The smallest absolute Gasteiger partial charge is 0.475 e. The number of benzene rings is 3. The van der Waals surface area contributed by atoms with Crippen molar-refractivity contribution in [1.82, 2.24) is 15.3 Å². The predicted octanol–water partition coefficient (Wildman–Crippen LogP) is 2.90. The van der Waals surface area contributed by atoms with Crippen molar-refractivity contribution in [1.29, 1.82) is 0 Å². The minimum atomic E-state index is -5.08. The van der Waals surface area contributed by atoms with Gasteiger partial charge in [0.2, 0.25) is 5.95 Å². The van der Waals surface area contributed by atoms with Gasteiger partial charge in [0.25, 0.3) is 11.8 Å². The highest BCUT2D eigenvalue weighted by atomic mass is 19.4. The van der Waals surface area contributed by atoms with Gasteiger partial charge in [0.05, 0.1) is 11.6 Å². The number of nitrogens with two attached hydrogens (primary N) is 2. The molecule has 8 N–H and O–H groups in total. The normalized spacial score (nSPS) is 12.4. The number of carbonyl (C=O) groups excluding carboxylic acids is 2. The van der Waals surface area contributed by atoms with E-state index in [1.807, 2.05) is 0 Å². The number of aliphatic hydroxyl groups is 1. The Hall–Kier alpha value is -5.24. The number of nitrogen functional groups attached to an aromatic ring is 2. The standard InChI is InChI=1S/C24H22N6O3.C2HF3O2/c25-21-17-12-11-16(13-18(17)28-24(26)30-21)27-23(33)20(31)19(14-7-3-1-4-8-14)29-22(32)15-9-5-2-6-10-15;3-2(4,5)1(6)7/h1-13,19-20,31H,(H,27,33)(H,29,32)(H4,25,26,28,30);(H,6,7)/t19-,20+;/m0./s1. The van der Waals surface area contributed by atoms with Gasteiger partial charge in [-0.15, -0.1) is 0 Å². The molecule has 0 saturated carbocycles.